The molecule has 2 aromatic carbocycles. The number of fused-ring (bicyclic) bond motifs is 1. The Kier molecular flexibility index (Phi) is 4.87. The van der Waals surface area contributed by atoms with Crippen LogP contribution in [-0.4, -0.2) is 55.7 Å². The predicted octanol–water partition coefficient (Wildman–Crippen LogP) is 2.00. The standard InChI is InChI=1S/C20H24N4O3/c1-23-6-8-24(9-7-23)12-14-2-4-15(5-3-14)20(25)22-17-11-19-18(10-16(17)21)26-13-27-19/h2-5,10-11H,6-9,12-13,21H2,1H3,(H,22,25). The summed E-state index contributed by atoms with van der Waals surface area (Å²) in [5.41, 5.74) is 8.76. The molecule has 1 amide bonds. The van der Waals surface area contributed by atoms with Gasteiger partial charge in [-0.3, -0.25) is 9.69 Å². The summed E-state index contributed by atoms with van der Waals surface area (Å²) in [5, 5.41) is 2.85. The Hall–Kier alpha value is -2.77. The third-order valence-corrected chi connectivity index (χ3v) is 5.01. The molecule has 0 atom stereocenters. The molecule has 0 spiro atoms. The SMILES string of the molecule is CN1CCN(Cc2ccc(C(=O)Nc3cc4c(cc3N)OCO4)cc2)CC1. The van der Waals surface area contributed by atoms with Crippen LogP contribution in [0.1, 0.15) is 15.9 Å². The van der Waals surface area contributed by atoms with Crippen molar-refractivity contribution >= 4 is 17.3 Å². The minimum atomic E-state index is -0.202. The summed E-state index contributed by atoms with van der Waals surface area (Å²) >= 11 is 0. The molecule has 2 aliphatic heterocycles. The summed E-state index contributed by atoms with van der Waals surface area (Å²) in [6.45, 7) is 5.41. The van der Waals surface area contributed by atoms with Crippen LogP contribution in [0.2, 0.25) is 0 Å². The number of carbonyl (C=O) groups excluding carboxylic acids is 1. The third kappa shape index (κ3) is 3.99. The van der Waals surface area contributed by atoms with Crippen LogP contribution in [0.25, 0.3) is 0 Å². The number of hydrogen-bond acceptors (Lipinski definition) is 6. The first-order valence-corrected chi connectivity index (χ1v) is 9.09. The van der Waals surface area contributed by atoms with Crippen LogP contribution < -0.4 is 20.5 Å². The third-order valence-electron chi connectivity index (χ3n) is 5.01. The molecule has 2 aliphatic rings. The molecule has 1 fully saturated rings. The van der Waals surface area contributed by atoms with E-state index in [9.17, 15) is 4.79 Å². The van der Waals surface area contributed by atoms with Crippen LogP contribution >= 0.6 is 0 Å². The number of rotatable bonds is 4. The molecule has 0 bridgehead atoms. The summed E-state index contributed by atoms with van der Waals surface area (Å²) in [7, 11) is 2.15. The maximum absolute atomic E-state index is 12.5. The molecule has 4 rings (SSSR count). The number of likely N-dealkylation sites (N-methyl/N-ethyl adjacent to an activating group) is 1. The minimum absolute atomic E-state index is 0.168. The van der Waals surface area contributed by atoms with E-state index in [1.807, 2.05) is 24.3 Å². The highest BCUT2D eigenvalue weighted by Gasteiger charge is 2.18. The van der Waals surface area contributed by atoms with Crippen molar-refractivity contribution in [1.82, 2.24) is 9.80 Å². The van der Waals surface area contributed by atoms with E-state index in [0.29, 0.717) is 28.4 Å². The monoisotopic (exact) mass is 368 g/mol. The first-order valence-electron chi connectivity index (χ1n) is 9.09. The first-order chi connectivity index (χ1) is 13.1. The number of piperazine rings is 1. The van der Waals surface area contributed by atoms with Gasteiger partial charge in [-0.05, 0) is 24.7 Å². The number of hydrogen-bond donors (Lipinski definition) is 2. The predicted molar refractivity (Wildman–Crippen MR) is 104 cm³/mol. The van der Waals surface area contributed by atoms with Gasteiger partial charge >= 0.3 is 0 Å². The van der Waals surface area contributed by atoms with Gasteiger partial charge in [0.1, 0.15) is 0 Å². The lowest BCUT2D eigenvalue weighted by Crippen LogP contribution is -2.43. The van der Waals surface area contributed by atoms with Gasteiger partial charge in [-0.15, -0.1) is 0 Å². The van der Waals surface area contributed by atoms with E-state index in [2.05, 4.69) is 22.2 Å². The molecule has 0 radical (unpaired) electrons. The van der Waals surface area contributed by atoms with E-state index >= 15 is 0 Å². The van der Waals surface area contributed by atoms with Crippen molar-refractivity contribution in [3.8, 4) is 11.5 Å². The van der Waals surface area contributed by atoms with Crippen LogP contribution in [0.5, 0.6) is 11.5 Å². The van der Waals surface area contributed by atoms with E-state index in [4.69, 9.17) is 15.2 Å². The van der Waals surface area contributed by atoms with E-state index in [0.717, 1.165) is 32.7 Å². The molecule has 0 saturated carbocycles. The number of nitrogens with zero attached hydrogens (tertiary/aromatic N) is 2. The van der Waals surface area contributed by atoms with Crippen molar-refractivity contribution in [2.45, 2.75) is 6.54 Å². The van der Waals surface area contributed by atoms with Gasteiger partial charge in [0.25, 0.3) is 5.91 Å². The zero-order chi connectivity index (χ0) is 18.8. The van der Waals surface area contributed by atoms with Crippen LogP contribution in [0.4, 0.5) is 11.4 Å². The van der Waals surface area contributed by atoms with Crippen molar-refractivity contribution in [2.24, 2.45) is 0 Å². The number of nitrogen functional groups attached to an aromatic ring is 1. The lowest BCUT2D eigenvalue weighted by Gasteiger charge is -2.32. The smallest absolute Gasteiger partial charge is 0.255 e. The Morgan fingerprint density at radius 3 is 2.44 bits per heavy atom. The summed E-state index contributed by atoms with van der Waals surface area (Å²) in [4.78, 5) is 17.3. The molecule has 1 saturated heterocycles. The molecule has 7 nitrogen and oxygen atoms in total. The summed E-state index contributed by atoms with van der Waals surface area (Å²) < 4.78 is 10.6. The molecule has 3 N–H and O–H groups in total. The number of anilines is 2. The van der Waals surface area contributed by atoms with Gasteiger partial charge in [0.15, 0.2) is 11.5 Å². The summed E-state index contributed by atoms with van der Waals surface area (Å²) in [6.07, 6.45) is 0. The highest BCUT2D eigenvalue weighted by molar-refractivity contribution is 6.06. The number of amides is 1. The summed E-state index contributed by atoms with van der Waals surface area (Å²) in [5.74, 6) is 0.979. The molecule has 0 aliphatic carbocycles. The molecule has 7 heteroatoms. The zero-order valence-corrected chi connectivity index (χ0v) is 15.4. The van der Waals surface area contributed by atoms with Crippen LogP contribution in [0, 0.1) is 0 Å². The van der Waals surface area contributed by atoms with Gasteiger partial charge in [0.2, 0.25) is 6.79 Å². The zero-order valence-electron chi connectivity index (χ0n) is 15.4. The quantitative estimate of drug-likeness (QED) is 0.804. The molecule has 2 heterocycles. The number of nitrogens with two attached hydrogens (primary N) is 1. The fourth-order valence-electron chi connectivity index (χ4n) is 3.29. The highest BCUT2D eigenvalue weighted by Crippen LogP contribution is 2.38. The lowest BCUT2D eigenvalue weighted by atomic mass is 10.1. The van der Waals surface area contributed by atoms with Crippen molar-refractivity contribution < 1.29 is 14.3 Å². The molecular formula is C20H24N4O3. The molecule has 27 heavy (non-hydrogen) atoms. The Balaban J connectivity index is 1.39. The Bertz CT molecular complexity index is 830. The molecule has 0 unspecified atom stereocenters. The normalized spacial score (nSPS) is 17.1. The summed E-state index contributed by atoms with van der Waals surface area (Å²) in [6, 6.07) is 11.1. The molecule has 2 aromatic rings. The van der Waals surface area contributed by atoms with Crippen molar-refractivity contribution in [1.29, 1.82) is 0 Å². The van der Waals surface area contributed by atoms with Gasteiger partial charge in [0, 0.05) is 50.4 Å². The largest absolute Gasteiger partial charge is 0.454 e. The second-order valence-corrected chi connectivity index (χ2v) is 7.02. The number of carbonyl (C=O) groups is 1. The number of nitrogens with one attached hydrogen (secondary N) is 1. The van der Waals surface area contributed by atoms with Gasteiger partial charge in [-0.25, -0.2) is 0 Å². The molecule has 142 valence electrons. The first kappa shape index (κ1) is 17.6. The second kappa shape index (κ2) is 7.46. The maximum atomic E-state index is 12.5. The second-order valence-electron chi connectivity index (χ2n) is 7.02. The number of benzene rings is 2. The minimum Gasteiger partial charge on any atom is -0.454 e. The van der Waals surface area contributed by atoms with Crippen LogP contribution in [0.3, 0.4) is 0 Å². The fraction of sp³-hybridized carbons (Fsp3) is 0.350. The Labute approximate surface area is 158 Å². The van der Waals surface area contributed by atoms with E-state index in [-0.39, 0.29) is 12.7 Å². The number of ether oxygens (including phenoxy) is 2. The lowest BCUT2D eigenvalue weighted by molar-refractivity contribution is 0.102. The van der Waals surface area contributed by atoms with Gasteiger partial charge in [-0.2, -0.15) is 0 Å². The van der Waals surface area contributed by atoms with Crippen molar-refractivity contribution in [3.05, 3.63) is 47.5 Å². The van der Waals surface area contributed by atoms with E-state index in [1.54, 1.807) is 12.1 Å². The van der Waals surface area contributed by atoms with Gasteiger partial charge in [-0.1, -0.05) is 12.1 Å². The van der Waals surface area contributed by atoms with Crippen molar-refractivity contribution in [2.75, 3.05) is 51.1 Å². The Morgan fingerprint density at radius 1 is 1.07 bits per heavy atom. The van der Waals surface area contributed by atoms with Gasteiger partial charge in [0.05, 0.1) is 11.4 Å². The van der Waals surface area contributed by atoms with E-state index in [1.165, 1.54) is 5.56 Å². The molecular weight excluding hydrogens is 344 g/mol. The average Bonchev–Trinajstić information content (AvgIpc) is 3.11. The molecule has 0 aromatic heterocycles. The topological polar surface area (TPSA) is 80.1 Å². The average molecular weight is 368 g/mol. The highest BCUT2D eigenvalue weighted by atomic mass is 16.7. The Morgan fingerprint density at radius 2 is 1.74 bits per heavy atom. The van der Waals surface area contributed by atoms with Crippen molar-refractivity contribution in [3.63, 3.8) is 0 Å². The maximum Gasteiger partial charge on any atom is 0.255 e. The van der Waals surface area contributed by atoms with Gasteiger partial charge < -0.3 is 25.4 Å². The van der Waals surface area contributed by atoms with E-state index < -0.39 is 0 Å². The van der Waals surface area contributed by atoms with Crippen LogP contribution in [-0.2, 0) is 6.54 Å². The van der Waals surface area contributed by atoms with Crippen LogP contribution in [0.15, 0.2) is 36.4 Å². The fourth-order valence-corrected chi connectivity index (χ4v) is 3.29.